The summed E-state index contributed by atoms with van der Waals surface area (Å²) in [6.45, 7) is 0. The number of nitrogens with zero attached hydrogens (tertiary/aromatic N) is 2. The minimum absolute atomic E-state index is 0.244. The Morgan fingerprint density at radius 1 is 0.952 bits per heavy atom. The first kappa shape index (κ1) is 13.7. The zero-order valence-electron chi connectivity index (χ0n) is 10.5. The molecule has 0 fully saturated rings. The number of hydrogen-bond donors (Lipinski definition) is 3. The maximum atomic E-state index is 11.1. The molecule has 0 aliphatic rings. The van der Waals surface area contributed by atoms with Crippen LogP contribution in [0.3, 0.4) is 0 Å². The van der Waals surface area contributed by atoms with E-state index in [4.69, 9.17) is 28.9 Å². The summed E-state index contributed by atoms with van der Waals surface area (Å²) in [7, 11) is 0. The number of anilines is 1. The number of nitrogens with two attached hydrogens (primary N) is 1. The van der Waals surface area contributed by atoms with Crippen molar-refractivity contribution in [3.05, 3.63) is 50.7 Å². The van der Waals surface area contributed by atoms with Gasteiger partial charge < -0.3 is 5.73 Å². The van der Waals surface area contributed by atoms with Crippen molar-refractivity contribution in [3.8, 4) is 22.5 Å². The molecule has 8 heteroatoms. The Morgan fingerprint density at radius 3 is 2.29 bits per heavy atom. The van der Waals surface area contributed by atoms with Gasteiger partial charge in [-0.15, -0.1) is 0 Å². The van der Waals surface area contributed by atoms with Crippen molar-refractivity contribution < 1.29 is 0 Å². The van der Waals surface area contributed by atoms with Gasteiger partial charge in [0.05, 0.1) is 21.3 Å². The summed E-state index contributed by atoms with van der Waals surface area (Å²) in [6.07, 6.45) is 0. The summed E-state index contributed by atoms with van der Waals surface area (Å²) in [5.74, 6) is 0.244. The van der Waals surface area contributed by atoms with Gasteiger partial charge in [0.15, 0.2) is 5.82 Å². The average Bonchev–Trinajstić information content (AvgIpc) is 2.82. The molecule has 0 bridgehead atoms. The summed E-state index contributed by atoms with van der Waals surface area (Å²) < 4.78 is 0. The Balaban J connectivity index is 2.27. The molecule has 0 aliphatic heterocycles. The number of hydrogen-bond acceptors (Lipinski definition) is 4. The van der Waals surface area contributed by atoms with E-state index in [2.05, 4.69) is 20.4 Å². The molecule has 106 valence electrons. The summed E-state index contributed by atoms with van der Waals surface area (Å²) in [5.41, 5.74) is 7.73. The molecule has 3 rings (SSSR count). The van der Waals surface area contributed by atoms with Crippen molar-refractivity contribution in [2.45, 2.75) is 0 Å². The van der Waals surface area contributed by atoms with Gasteiger partial charge in [-0.1, -0.05) is 29.3 Å². The molecule has 0 radical (unpaired) electrons. The van der Waals surface area contributed by atoms with E-state index in [-0.39, 0.29) is 11.4 Å². The first-order valence-electron chi connectivity index (χ1n) is 5.92. The maximum absolute atomic E-state index is 11.1. The van der Waals surface area contributed by atoms with E-state index in [1.54, 1.807) is 24.3 Å². The number of rotatable bonds is 2. The van der Waals surface area contributed by atoms with Gasteiger partial charge in [0.2, 0.25) is 0 Å². The van der Waals surface area contributed by atoms with E-state index >= 15 is 0 Å². The maximum Gasteiger partial charge on any atom is 0.264 e. The number of halogens is 2. The Morgan fingerprint density at radius 2 is 1.67 bits per heavy atom. The second-order valence-corrected chi connectivity index (χ2v) is 5.08. The molecule has 0 atom stereocenters. The molecule has 2 heterocycles. The molecule has 4 N–H and O–H groups in total. The van der Waals surface area contributed by atoms with Gasteiger partial charge in [0.25, 0.3) is 5.56 Å². The molecule has 0 spiro atoms. The summed E-state index contributed by atoms with van der Waals surface area (Å²) in [6, 6.07) is 8.07. The Bertz CT molecular complexity index is 830. The molecule has 0 amide bonds. The number of nitrogens with one attached hydrogen (secondary N) is 2. The van der Waals surface area contributed by atoms with Crippen LogP contribution in [0.1, 0.15) is 0 Å². The fraction of sp³-hybridized carbons (Fsp3) is 0. The van der Waals surface area contributed by atoms with Crippen molar-refractivity contribution in [1.82, 2.24) is 20.4 Å². The van der Waals surface area contributed by atoms with Crippen LogP contribution >= 0.6 is 23.2 Å². The molecule has 6 nitrogen and oxygen atoms in total. The van der Waals surface area contributed by atoms with Gasteiger partial charge in [-0.3, -0.25) is 9.89 Å². The van der Waals surface area contributed by atoms with Crippen LogP contribution < -0.4 is 11.3 Å². The van der Waals surface area contributed by atoms with Gasteiger partial charge >= 0.3 is 0 Å². The Labute approximate surface area is 128 Å². The van der Waals surface area contributed by atoms with Crippen molar-refractivity contribution in [3.63, 3.8) is 0 Å². The summed E-state index contributed by atoms with van der Waals surface area (Å²) in [5, 5.41) is 14.0. The fourth-order valence-corrected chi connectivity index (χ4v) is 2.60. The predicted molar refractivity (Wildman–Crippen MR) is 82.3 cm³/mol. The number of nitrogen functional groups attached to an aromatic ring is 1. The smallest absolute Gasteiger partial charge is 0.264 e. The fourth-order valence-electron chi connectivity index (χ4n) is 2.01. The quantitative estimate of drug-likeness (QED) is 0.675. The Kier molecular flexibility index (Phi) is 3.40. The van der Waals surface area contributed by atoms with E-state index in [9.17, 15) is 4.79 Å². The van der Waals surface area contributed by atoms with Crippen molar-refractivity contribution in [1.29, 1.82) is 0 Å². The van der Waals surface area contributed by atoms with E-state index in [0.717, 1.165) is 0 Å². The van der Waals surface area contributed by atoms with Gasteiger partial charge in [-0.05, 0) is 18.2 Å². The molecule has 0 saturated heterocycles. The number of H-pyrrole nitrogens is 2. The van der Waals surface area contributed by atoms with E-state index in [0.29, 0.717) is 32.6 Å². The minimum atomic E-state index is -0.302. The standard InChI is InChI=1S/C13H9Cl2N5O/c14-6-2-1-3-7(15)10(6)11-12(19-20-13(11)16)8-4-5-9(21)18-17-8/h1-5H,(H,18,21)(H3,16,19,20). The van der Waals surface area contributed by atoms with Crippen LogP contribution in [0.25, 0.3) is 22.5 Å². The molecule has 0 aliphatic carbocycles. The van der Waals surface area contributed by atoms with Gasteiger partial charge in [-0.2, -0.15) is 10.2 Å². The van der Waals surface area contributed by atoms with Crippen molar-refractivity contribution in [2.75, 3.05) is 5.73 Å². The van der Waals surface area contributed by atoms with E-state index in [1.807, 2.05) is 0 Å². The third kappa shape index (κ3) is 2.39. The summed E-state index contributed by atoms with van der Waals surface area (Å²) in [4.78, 5) is 11.1. The average molecular weight is 322 g/mol. The lowest BCUT2D eigenvalue weighted by Gasteiger charge is -2.08. The lowest BCUT2D eigenvalue weighted by molar-refractivity contribution is 0.982. The normalized spacial score (nSPS) is 10.8. The van der Waals surface area contributed by atoms with Crippen LogP contribution in [0.2, 0.25) is 10.0 Å². The highest BCUT2D eigenvalue weighted by molar-refractivity contribution is 6.39. The SMILES string of the molecule is Nc1n[nH]c(-c2ccc(=O)[nH]n2)c1-c1c(Cl)cccc1Cl. The molecule has 0 unspecified atom stereocenters. The third-order valence-electron chi connectivity index (χ3n) is 2.94. The number of benzene rings is 1. The van der Waals surface area contributed by atoms with Gasteiger partial charge in [0.1, 0.15) is 5.69 Å². The third-order valence-corrected chi connectivity index (χ3v) is 3.57. The van der Waals surface area contributed by atoms with Crippen LogP contribution in [0.15, 0.2) is 35.1 Å². The second kappa shape index (κ2) is 5.23. The van der Waals surface area contributed by atoms with Gasteiger partial charge in [-0.25, -0.2) is 5.10 Å². The van der Waals surface area contributed by atoms with Crippen LogP contribution in [0.5, 0.6) is 0 Å². The summed E-state index contributed by atoms with van der Waals surface area (Å²) >= 11 is 12.4. The topological polar surface area (TPSA) is 100 Å². The lowest BCUT2D eigenvalue weighted by atomic mass is 10.0. The minimum Gasteiger partial charge on any atom is -0.382 e. The number of aromatic amines is 2. The monoisotopic (exact) mass is 321 g/mol. The van der Waals surface area contributed by atoms with Crippen LogP contribution in [-0.4, -0.2) is 20.4 Å². The van der Waals surface area contributed by atoms with Crippen LogP contribution in [-0.2, 0) is 0 Å². The lowest BCUT2D eigenvalue weighted by Crippen LogP contribution is -2.06. The number of aromatic nitrogens is 4. The van der Waals surface area contributed by atoms with Gasteiger partial charge in [0, 0.05) is 11.6 Å². The van der Waals surface area contributed by atoms with Crippen molar-refractivity contribution >= 4 is 29.0 Å². The predicted octanol–water partition coefficient (Wildman–Crippen LogP) is 2.72. The zero-order chi connectivity index (χ0) is 15.0. The zero-order valence-corrected chi connectivity index (χ0v) is 12.0. The molecular formula is C13H9Cl2N5O. The highest BCUT2D eigenvalue weighted by Crippen LogP contribution is 2.41. The molecule has 2 aromatic heterocycles. The highest BCUT2D eigenvalue weighted by atomic mass is 35.5. The van der Waals surface area contributed by atoms with E-state index < -0.39 is 0 Å². The largest absolute Gasteiger partial charge is 0.382 e. The first-order valence-corrected chi connectivity index (χ1v) is 6.68. The Hall–Kier alpha value is -2.31. The molecule has 0 saturated carbocycles. The highest BCUT2D eigenvalue weighted by Gasteiger charge is 2.20. The molecule has 1 aromatic carbocycles. The van der Waals surface area contributed by atoms with Crippen molar-refractivity contribution in [2.24, 2.45) is 0 Å². The molecular weight excluding hydrogens is 313 g/mol. The van der Waals surface area contributed by atoms with E-state index in [1.165, 1.54) is 6.07 Å². The second-order valence-electron chi connectivity index (χ2n) is 4.26. The molecule has 21 heavy (non-hydrogen) atoms. The molecule has 3 aromatic rings. The first-order chi connectivity index (χ1) is 10.1. The van der Waals surface area contributed by atoms with Crippen LogP contribution in [0, 0.1) is 0 Å². The van der Waals surface area contributed by atoms with Crippen LogP contribution in [0.4, 0.5) is 5.82 Å².